The number of fused-ring (bicyclic) bond motifs is 1. The molecular formula is C21H22FN5S2. The van der Waals surface area contributed by atoms with Crippen molar-refractivity contribution in [3.05, 3.63) is 70.0 Å². The number of hydrogen-bond acceptors (Lipinski definition) is 7. The maximum Gasteiger partial charge on any atom is 0.192 e. The largest absolute Gasteiger partial charge is 0.380 e. The molecule has 0 spiro atoms. The fourth-order valence-corrected chi connectivity index (χ4v) is 4.82. The van der Waals surface area contributed by atoms with Gasteiger partial charge in [0.1, 0.15) is 5.82 Å². The summed E-state index contributed by atoms with van der Waals surface area (Å²) in [4.78, 5) is 4.55. The highest BCUT2D eigenvalue weighted by atomic mass is 32.2. The van der Waals surface area contributed by atoms with E-state index >= 15 is 0 Å². The van der Waals surface area contributed by atoms with Gasteiger partial charge in [0, 0.05) is 41.6 Å². The molecular weight excluding hydrogens is 405 g/mol. The SMILES string of the molecule is N=Cc1cc(SNc2nccs2)c(F)cc1NCc1cccc2c1CC(N)CC2. The molecule has 5 N–H and O–H groups in total. The van der Waals surface area contributed by atoms with Gasteiger partial charge in [-0.3, -0.25) is 0 Å². The third-order valence-electron chi connectivity index (χ3n) is 5.03. The molecule has 0 saturated heterocycles. The first kappa shape index (κ1) is 19.9. The molecule has 5 nitrogen and oxygen atoms in total. The standard InChI is InChI=1S/C21H22FN5S2/c22-18-10-19(15(11-23)8-20(18)29-27-21-25-6-7-28-21)26-12-14-3-1-2-13-4-5-16(24)9-17(13)14/h1-3,6-8,10-11,16,23,26H,4-5,9,12,24H2,(H,25,27). The van der Waals surface area contributed by atoms with Gasteiger partial charge in [-0.15, -0.1) is 11.3 Å². The van der Waals surface area contributed by atoms with Gasteiger partial charge in [0.25, 0.3) is 0 Å². The van der Waals surface area contributed by atoms with Gasteiger partial charge in [0.2, 0.25) is 0 Å². The molecule has 2 aromatic carbocycles. The minimum atomic E-state index is -0.343. The highest BCUT2D eigenvalue weighted by Gasteiger charge is 2.18. The van der Waals surface area contributed by atoms with Crippen LogP contribution >= 0.6 is 23.3 Å². The number of aromatic nitrogens is 1. The third-order valence-corrected chi connectivity index (χ3v) is 6.68. The smallest absolute Gasteiger partial charge is 0.192 e. The summed E-state index contributed by atoms with van der Waals surface area (Å²) in [5.41, 5.74) is 11.2. The molecule has 0 amide bonds. The summed E-state index contributed by atoms with van der Waals surface area (Å²) in [6, 6.07) is 9.63. The van der Waals surface area contributed by atoms with Gasteiger partial charge in [-0.1, -0.05) is 18.2 Å². The number of nitrogens with two attached hydrogens (primary N) is 1. The molecule has 0 radical (unpaired) electrons. The molecule has 1 aliphatic rings. The van der Waals surface area contributed by atoms with Crippen molar-refractivity contribution in [2.45, 2.75) is 36.7 Å². The summed E-state index contributed by atoms with van der Waals surface area (Å²) in [5.74, 6) is -0.343. The molecule has 0 aliphatic heterocycles. The monoisotopic (exact) mass is 427 g/mol. The maximum absolute atomic E-state index is 14.6. The number of rotatable bonds is 7. The number of halogens is 1. The Bertz CT molecular complexity index is 1010. The Hall–Kier alpha value is -2.42. The van der Waals surface area contributed by atoms with Gasteiger partial charge in [-0.05, 0) is 60.0 Å². The van der Waals surface area contributed by atoms with Crippen LogP contribution in [0.2, 0.25) is 0 Å². The number of hydrogen-bond donors (Lipinski definition) is 4. The maximum atomic E-state index is 14.6. The van der Waals surface area contributed by atoms with E-state index in [0.717, 1.165) is 31.2 Å². The van der Waals surface area contributed by atoms with E-state index in [4.69, 9.17) is 11.1 Å². The molecule has 1 aromatic heterocycles. The highest BCUT2D eigenvalue weighted by Crippen LogP contribution is 2.30. The van der Waals surface area contributed by atoms with E-state index in [9.17, 15) is 4.39 Å². The molecule has 3 aromatic rings. The van der Waals surface area contributed by atoms with Crippen molar-refractivity contribution in [2.24, 2.45) is 5.73 Å². The fraction of sp³-hybridized carbons (Fsp3) is 0.238. The summed E-state index contributed by atoms with van der Waals surface area (Å²) in [6.45, 7) is 0.569. The van der Waals surface area contributed by atoms with Crippen LogP contribution in [-0.4, -0.2) is 17.2 Å². The Kier molecular flexibility index (Phi) is 6.13. The number of nitrogens with zero attached hydrogens (tertiary/aromatic N) is 1. The first-order valence-electron chi connectivity index (χ1n) is 9.39. The molecule has 150 valence electrons. The van der Waals surface area contributed by atoms with Crippen molar-refractivity contribution in [1.82, 2.24) is 4.98 Å². The van der Waals surface area contributed by atoms with Crippen molar-refractivity contribution >= 4 is 40.3 Å². The first-order valence-corrected chi connectivity index (χ1v) is 11.1. The zero-order valence-corrected chi connectivity index (χ0v) is 17.4. The number of thiazole rings is 1. The van der Waals surface area contributed by atoms with Crippen LogP contribution in [0.3, 0.4) is 0 Å². The van der Waals surface area contributed by atoms with Gasteiger partial charge >= 0.3 is 0 Å². The second kappa shape index (κ2) is 8.94. The lowest BCUT2D eigenvalue weighted by Crippen LogP contribution is -2.28. The molecule has 1 unspecified atom stereocenters. The molecule has 0 fully saturated rings. The lowest BCUT2D eigenvalue weighted by Gasteiger charge is -2.24. The number of aryl methyl sites for hydroxylation is 1. The summed E-state index contributed by atoms with van der Waals surface area (Å²) < 4.78 is 17.7. The number of benzene rings is 2. The Morgan fingerprint density at radius 1 is 1.38 bits per heavy atom. The van der Waals surface area contributed by atoms with E-state index in [2.05, 4.69) is 33.2 Å². The van der Waals surface area contributed by atoms with E-state index in [1.165, 1.54) is 40.3 Å². The van der Waals surface area contributed by atoms with E-state index in [-0.39, 0.29) is 11.9 Å². The van der Waals surface area contributed by atoms with Crippen molar-refractivity contribution in [3.8, 4) is 0 Å². The summed E-state index contributed by atoms with van der Waals surface area (Å²) >= 11 is 2.60. The minimum Gasteiger partial charge on any atom is -0.380 e. The van der Waals surface area contributed by atoms with Crippen LogP contribution in [0.5, 0.6) is 0 Å². The predicted molar refractivity (Wildman–Crippen MR) is 120 cm³/mol. The Balaban J connectivity index is 1.50. The van der Waals surface area contributed by atoms with Crippen LogP contribution in [0.1, 0.15) is 28.7 Å². The Labute approximate surface area is 177 Å². The zero-order valence-electron chi connectivity index (χ0n) is 15.7. The van der Waals surface area contributed by atoms with Crippen molar-refractivity contribution in [1.29, 1.82) is 5.41 Å². The molecule has 29 heavy (non-hydrogen) atoms. The van der Waals surface area contributed by atoms with E-state index in [1.807, 2.05) is 5.38 Å². The topological polar surface area (TPSA) is 86.8 Å². The van der Waals surface area contributed by atoms with E-state index < -0.39 is 0 Å². The normalized spacial score (nSPS) is 15.6. The molecule has 1 atom stereocenters. The predicted octanol–water partition coefficient (Wildman–Crippen LogP) is 4.83. The van der Waals surface area contributed by atoms with Gasteiger partial charge in [0.05, 0.1) is 4.90 Å². The molecule has 8 heteroatoms. The molecule has 0 saturated carbocycles. The van der Waals surface area contributed by atoms with Crippen LogP contribution in [0.15, 0.2) is 46.8 Å². The Morgan fingerprint density at radius 3 is 3.07 bits per heavy atom. The Morgan fingerprint density at radius 2 is 2.28 bits per heavy atom. The van der Waals surface area contributed by atoms with Crippen LogP contribution < -0.4 is 15.8 Å². The number of anilines is 2. The lowest BCUT2D eigenvalue weighted by molar-refractivity contribution is 0.573. The van der Waals surface area contributed by atoms with Crippen molar-refractivity contribution in [3.63, 3.8) is 0 Å². The van der Waals surface area contributed by atoms with Gasteiger partial charge in [-0.25, -0.2) is 9.37 Å². The third kappa shape index (κ3) is 4.60. The average Bonchev–Trinajstić information content (AvgIpc) is 3.25. The summed E-state index contributed by atoms with van der Waals surface area (Å²) in [6.07, 6.45) is 5.82. The van der Waals surface area contributed by atoms with E-state index in [0.29, 0.717) is 27.8 Å². The van der Waals surface area contributed by atoms with Crippen molar-refractivity contribution in [2.75, 3.05) is 10.0 Å². The summed E-state index contributed by atoms with van der Waals surface area (Å²) in [7, 11) is 0. The average molecular weight is 428 g/mol. The van der Waals surface area contributed by atoms with Crippen molar-refractivity contribution < 1.29 is 4.39 Å². The quantitative estimate of drug-likeness (QED) is 0.321. The molecule has 4 rings (SSSR count). The molecule has 1 aliphatic carbocycles. The van der Waals surface area contributed by atoms with Crippen LogP contribution in [0.25, 0.3) is 0 Å². The van der Waals surface area contributed by atoms with E-state index in [1.54, 1.807) is 12.3 Å². The van der Waals surface area contributed by atoms with Gasteiger partial charge in [0.15, 0.2) is 5.13 Å². The highest BCUT2D eigenvalue weighted by molar-refractivity contribution is 8.00. The second-order valence-corrected chi connectivity index (χ2v) is 8.71. The molecule has 0 bridgehead atoms. The van der Waals surface area contributed by atoms with Crippen LogP contribution in [-0.2, 0) is 19.4 Å². The molecule has 1 heterocycles. The fourth-order valence-electron chi connectivity index (χ4n) is 3.54. The van der Waals surface area contributed by atoms with Crippen LogP contribution in [0.4, 0.5) is 15.2 Å². The lowest BCUT2D eigenvalue weighted by atomic mass is 9.85. The van der Waals surface area contributed by atoms with Gasteiger partial charge < -0.3 is 21.2 Å². The first-order chi connectivity index (χ1) is 14.1. The zero-order chi connectivity index (χ0) is 20.2. The van der Waals surface area contributed by atoms with Crippen LogP contribution in [0, 0.1) is 11.2 Å². The second-order valence-electron chi connectivity index (χ2n) is 6.97. The minimum absolute atomic E-state index is 0.194. The summed E-state index contributed by atoms with van der Waals surface area (Å²) in [5, 5.41) is 13.6. The van der Waals surface area contributed by atoms with Gasteiger partial charge in [-0.2, -0.15) is 0 Å². The number of nitrogens with one attached hydrogen (secondary N) is 3.